The van der Waals surface area contributed by atoms with Gasteiger partial charge in [-0.1, -0.05) is 37.4 Å². The molecule has 0 bridgehead atoms. The highest BCUT2D eigenvalue weighted by atomic mass is 16.5. The molecule has 30 heavy (non-hydrogen) atoms. The molecule has 1 saturated carbocycles. The smallest absolute Gasteiger partial charge is 0.317 e. The van der Waals surface area contributed by atoms with Crippen molar-refractivity contribution in [3.8, 4) is 5.75 Å². The third kappa shape index (κ3) is 5.16. The van der Waals surface area contributed by atoms with Crippen molar-refractivity contribution in [1.82, 2.24) is 0 Å². The molecule has 0 saturated heterocycles. The van der Waals surface area contributed by atoms with Crippen LogP contribution in [0.15, 0.2) is 49.6 Å². The molecule has 4 atom stereocenters. The van der Waals surface area contributed by atoms with Crippen molar-refractivity contribution in [2.75, 3.05) is 19.8 Å². The van der Waals surface area contributed by atoms with Gasteiger partial charge in [0.15, 0.2) is 5.78 Å². The summed E-state index contributed by atoms with van der Waals surface area (Å²) in [5.41, 5.74) is -1.18. The van der Waals surface area contributed by atoms with Gasteiger partial charge in [0, 0.05) is 12.3 Å². The minimum absolute atomic E-state index is 0.0546. The monoisotopic (exact) mass is 416 g/mol. The van der Waals surface area contributed by atoms with Gasteiger partial charge < -0.3 is 19.3 Å². The van der Waals surface area contributed by atoms with Gasteiger partial charge in [0.05, 0.1) is 18.1 Å². The Morgan fingerprint density at radius 3 is 2.23 bits per heavy atom. The van der Waals surface area contributed by atoms with E-state index in [1.54, 1.807) is 24.3 Å². The van der Waals surface area contributed by atoms with E-state index in [-0.39, 0.29) is 19.6 Å². The molecule has 0 aromatic heterocycles. The lowest BCUT2D eigenvalue weighted by Crippen LogP contribution is -2.55. The van der Waals surface area contributed by atoms with Crippen LogP contribution < -0.4 is 4.74 Å². The Kier molecular flexibility index (Phi) is 7.94. The van der Waals surface area contributed by atoms with E-state index in [2.05, 4.69) is 13.2 Å². The highest BCUT2D eigenvalue weighted by Crippen LogP contribution is 2.47. The maximum atomic E-state index is 12.9. The van der Waals surface area contributed by atoms with Gasteiger partial charge in [0.2, 0.25) is 0 Å². The van der Waals surface area contributed by atoms with Crippen molar-refractivity contribution in [3.05, 3.63) is 55.1 Å². The Balaban J connectivity index is 2.55. The summed E-state index contributed by atoms with van der Waals surface area (Å²) in [6.07, 6.45) is 2.42. The Labute approximate surface area is 176 Å². The molecule has 0 unspecified atom stereocenters. The van der Waals surface area contributed by atoms with Crippen LogP contribution in [0, 0.1) is 11.8 Å². The molecular weight excluding hydrogens is 388 g/mol. The fraction of sp³-hybridized carbons (Fsp3) is 0.435. The first-order valence-corrected chi connectivity index (χ1v) is 9.79. The van der Waals surface area contributed by atoms with E-state index in [1.165, 1.54) is 19.1 Å². The molecular formula is C23H28O7. The van der Waals surface area contributed by atoms with Gasteiger partial charge in [-0.05, 0) is 31.5 Å². The first kappa shape index (κ1) is 23.3. The maximum Gasteiger partial charge on any atom is 0.317 e. The predicted molar refractivity (Wildman–Crippen MR) is 110 cm³/mol. The SMILES string of the molecule is C=CCOC(=O)[C@@H]1C(=O)C[C@](C)(O)[C@@H](C(=O)OCC=C)[C@@H]1c1ccc(OCC)cc1. The minimum Gasteiger partial charge on any atom is -0.494 e. The summed E-state index contributed by atoms with van der Waals surface area (Å²) in [5.74, 6) is -4.76. The summed E-state index contributed by atoms with van der Waals surface area (Å²) >= 11 is 0. The van der Waals surface area contributed by atoms with Crippen molar-refractivity contribution >= 4 is 17.7 Å². The molecule has 1 aliphatic carbocycles. The average Bonchev–Trinajstić information content (AvgIpc) is 2.70. The average molecular weight is 416 g/mol. The van der Waals surface area contributed by atoms with Crippen LogP contribution in [-0.4, -0.2) is 48.3 Å². The van der Waals surface area contributed by atoms with Crippen LogP contribution in [-0.2, 0) is 23.9 Å². The standard InChI is InChI=1S/C23H28O7/c1-5-12-29-21(25)19-17(24)14-23(4,27)20(22(26)30-13-6-2)18(19)15-8-10-16(11-9-15)28-7-3/h5-6,8-11,18-20,27H,1-2,7,12-14H2,3-4H3/t18-,19-,20-,23+/m1/s1. The van der Waals surface area contributed by atoms with Crippen LogP contribution in [0.25, 0.3) is 0 Å². The van der Waals surface area contributed by atoms with Crippen molar-refractivity contribution in [2.45, 2.75) is 31.8 Å². The third-order valence-corrected chi connectivity index (χ3v) is 5.04. The number of benzene rings is 1. The second-order valence-corrected chi connectivity index (χ2v) is 7.32. The maximum absolute atomic E-state index is 12.9. The molecule has 1 aromatic carbocycles. The van der Waals surface area contributed by atoms with Gasteiger partial charge in [0.25, 0.3) is 0 Å². The van der Waals surface area contributed by atoms with E-state index in [0.717, 1.165) is 0 Å². The number of hydrogen-bond donors (Lipinski definition) is 1. The minimum atomic E-state index is -1.70. The summed E-state index contributed by atoms with van der Waals surface area (Å²) in [4.78, 5) is 38.5. The van der Waals surface area contributed by atoms with E-state index in [9.17, 15) is 19.5 Å². The lowest BCUT2D eigenvalue weighted by atomic mass is 9.61. The van der Waals surface area contributed by atoms with E-state index in [1.807, 2.05) is 6.92 Å². The van der Waals surface area contributed by atoms with Crippen LogP contribution in [0.3, 0.4) is 0 Å². The molecule has 1 N–H and O–H groups in total. The second kappa shape index (κ2) is 10.2. The van der Waals surface area contributed by atoms with Gasteiger partial charge >= 0.3 is 11.9 Å². The Morgan fingerprint density at radius 2 is 1.70 bits per heavy atom. The van der Waals surface area contributed by atoms with E-state index >= 15 is 0 Å². The first-order chi connectivity index (χ1) is 14.3. The quantitative estimate of drug-likeness (QED) is 0.375. The van der Waals surface area contributed by atoms with Gasteiger partial charge in [-0.2, -0.15) is 0 Å². The second-order valence-electron chi connectivity index (χ2n) is 7.32. The molecule has 1 aliphatic rings. The Hall–Kier alpha value is -2.93. The summed E-state index contributed by atoms with van der Waals surface area (Å²) in [5, 5.41) is 11.0. The van der Waals surface area contributed by atoms with Crippen molar-refractivity contribution in [2.24, 2.45) is 11.8 Å². The Bertz CT molecular complexity index is 794. The van der Waals surface area contributed by atoms with Crippen molar-refractivity contribution in [1.29, 1.82) is 0 Å². The molecule has 162 valence electrons. The molecule has 1 fully saturated rings. The normalized spacial score (nSPS) is 25.8. The molecule has 0 aliphatic heterocycles. The number of carbonyl (C=O) groups excluding carboxylic acids is 3. The van der Waals surface area contributed by atoms with E-state index in [4.69, 9.17) is 14.2 Å². The van der Waals surface area contributed by atoms with E-state index < -0.39 is 41.1 Å². The first-order valence-electron chi connectivity index (χ1n) is 9.79. The molecule has 2 rings (SSSR count). The number of ketones is 1. The highest BCUT2D eigenvalue weighted by molar-refractivity contribution is 6.02. The van der Waals surface area contributed by atoms with Crippen molar-refractivity contribution in [3.63, 3.8) is 0 Å². The lowest BCUT2D eigenvalue weighted by Gasteiger charge is -2.43. The summed E-state index contributed by atoms with van der Waals surface area (Å²) in [6.45, 7) is 10.6. The molecule has 0 spiro atoms. The highest BCUT2D eigenvalue weighted by Gasteiger charge is 2.57. The summed E-state index contributed by atoms with van der Waals surface area (Å²) in [7, 11) is 0. The zero-order valence-corrected chi connectivity index (χ0v) is 17.3. The van der Waals surface area contributed by atoms with Crippen LogP contribution in [0.1, 0.15) is 31.7 Å². The van der Waals surface area contributed by atoms with E-state index in [0.29, 0.717) is 17.9 Å². The number of esters is 2. The van der Waals surface area contributed by atoms with Gasteiger partial charge in [-0.15, -0.1) is 0 Å². The summed E-state index contributed by atoms with van der Waals surface area (Å²) in [6, 6.07) is 6.72. The fourth-order valence-corrected chi connectivity index (χ4v) is 3.83. The zero-order valence-electron chi connectivity index (χ0n) is 17.3. The van der Waals surface area contributed by atoms with Gasteiger partial charge in [0.1, 0.15) is 24.9 Å². The fourth-order valence-electron chi connectivity index (χ4n) is 3.83. The third-order valence-electron chi connectivity index (χ3n) is 5.04. The topological polar surface area (TPSA) is 99.1 Å². The number of aliphatic hydroxyl groups is 1. The molecule has 1 aromatic rings. The van der Waals surface area contributed by atoms with Gasteiger partial charge in [-0.3, -0.25) is 14.4 Å². The van der Waals surface area contributed by atoms with Crippen molar-refractivity contribution < 1.29 is 33.7 Å². The molecule has 7 nitrogen and oxygen atoms in total. The van der Waals surface area contributed by atoms with Crippen LogP contribution >= 0.6 is 0 Å². The molecule has 0 amide bonds. The number of carbonyl (C=O) groups is 3. The molecule has 0 heterocycles. The van der Waals surface area contributed by atoms with Crippen LogP contribution in [0.2, 0.25) is 0 Å². The Morgan fingerprint density at radius 1 is 1.13 bits per heavy atom. The van der Waals surface area contributed by atoms with Crippen LogP contribution in [0.5, 0.6) is 5.75 Å². The van der Waals surface area contributed by atoms with Crippen LogP contribution in [0.4, 0.5) is 0 Å². The number of ether oxygens (including phenoxy) is 3. The number of hydrogen-bond acceptors (Lipinski definition) is 7. The van der Waals surface area contributed by atoms with Gasteiger partial charge in [-0.25, -0.2) is 0 Å². The number of Topliss-reactive ketones (excluding diaryl/α,β-unsaturated/α-hetero) is 1. The zero-order chi connectivity index (χ0) is 22.3. The lowest BCUT2D eigenvalue weighted by molar-refractivity contribution is -0.171. The summed E-state index contributed by atoms with van der Waals surface area (Å²) < 4.78 is 15.8. The predicted octanol–water partition coefficient (Wildman–Crippen LogP) is 2.58. The molecule has 7 heteroatoms. The largest absolute Gasteiger partial charge is 0.494 e. The number of rotatable bonds is 9. The molecule has 0 radical (unpaired) electrons.